The highest BCUT2D eigenvalue weighted by Crippen LogP contribution is 2.13. The van der Waals surface area contributed by atoms with Crippen LogP contribution in [0.3, 0.4) is 0 Å². The van der Waals surface area contributed by atoms with E-state index in [9.17, 15) is 4.79 Å². The number of imidazole rings is 1. The van der Waals surface area contributed by atoms with E-state index < -0.39 is 0 Å². The first-order valence-corrected chi connectivity index (χ1v) is 6.94. The van der Waals surface area contributed by atoms with Crippen molar-refractivity contribution in [2.75, 3.05) is 18.0 Å². The normalized spacial score (nSPS) is 10.7. The molecule has 7 nitrogen and oxygen atoms in total. The molecule has 0 bridgehead atoms. The number of carbonyl (C=O) groups excluding carboxylic acids is 1. The maximum absolute atomic E-state index is 11.9. The monoisotopic (exact) mass is 288 g/mol. The molecule has 112 valence electrons. The number of nitrogens with zero attached hydrogens (tertiary/aromatic N) is 5. The SMILES string of the molecule is CCN(CC(=O)NC(C)C)c1cc(-n2ccnc2)ncn1. The summed E-state index contributed by atoms with van der Waals surface area (Å²) in [6, 6.07) is 1.97. The zero-order chi connectivity index (χ0) is 15.2. The zero-order valence-electron chi connectivity index (χ0n) is 12.5. The number of carbonyl (C=O) groups is 1. The topological polar surface area (TPSA) is 75.9 Å². The molecule has 0 aliphatic rings. The van der Waals surface area contributed by atoms with Gasteiger partial charge in [0.25, 0.3) is 0 Å². The van der Waals surface area contributed by atoms with E-state index in [1.165, 1.54) is 6.33 Å². The van der Waals surface area contributed by atoms with Gasteiger partial charge in [0.1, 0.15) is 24.3 Å². The average Bonchev–Trinajstić information content (AvgIpc) is 2.98. The van der Waals surface area contributed by atoms with Gasteiger partial charge in [-0.3, -0.25) is 9.36 Å². The number of likely N-dealkylation sites (N-methyl/N-ethyl adjacent to an activating group) is 1. The van der Waals surface area contributed by atoms with Gasteiger partial charge in [-0.25, -0.2) is 15.0 Å². The maximum Gasteiger partial charge on any atom is 0.239 e. The summed E-state index contributed by atoms with van der Waals surface area (Å²) >= 11 is 0. The summed E-state index contributed by atoms with van der Waals surface area (Å²) in [4.78, 5) is 26.3. The van der Waals surface area contributed by atoms with Crippen LogP contribution in [0.25, 0.3) is 5.82 Å². The van der Waals surface area contributed by atoms with Crippen molar-refractivity contribution in [3.05, 3.63) is 31.1 Å². The second-order valence-electron chi connectivity index (χ2n) is 4.94. The van der Waals surface area contributed by atoms with E-state index in [1.54, 1.807) is 17.1 Å². The average molecular weight is 288 g/mol. The van der Waals surface area contributed by atoms with Crippen molar-refractivity contribution >= 4 is 11.7 Å². The van der Waals surface area contributed by atoms with Crippen molar-refractivity contribution < 1.29 is 4.79 Å². The largest absolute Gasteiger partial charge is 0.352 e. The summed E-state index contributed by atoms with van der Waals surface area (Å²) in [6.45, 7) is 6.83. The number of hydrogen-bond acceptors (Lipinski definition) is 5. The fourth-order valence-corrected chi connectivity index (χ4v) is 1.94. The van der Waals surface area contributed by atoms with Gasteiger partial charge in [0.05, 0.1) is 6.54 Å². The Morgan fingerprint density at radius 1 is 1.43 bits per heavy atom. The smallest absolute Gasteiger partial charge is 0.239 e. The molecule has 0 aromatic carbocycles. The van der Waals surface area contributed by atoms with Crippen LogP contribution in [0.4, 0.5) is 5.82 Å². The Kier molecular flexibility index (Phi) is 4.86. The van der Waals surface area contributed by atoms with Gasteiger partial charge in [-0.2, -0.15) is 0 Å². The van der Waals surface area contributed by atoms with Crippen molar-refractivity contribution in [1.29, 1.82) is 0 Å². The van der Waals surface area contributed by atoms with Crippen molar-refractivity contribution in [1.82, 2.24) is 24.8 Å². The lowest BCUT2D eigenvalue weighted by Crippen LogP contribution is -2.40. The number of amides is 1. The van der Waals surface area contributed by atoms with Crippen LogP contribution >= 0.6 is 0 Å². The Morgan fingerprint density at radius 3 is 2.86 bits per heavy atom. The van der Waals surface area contributed by atoms with Crippen LogP contribution in [0.5, 0.6) is 0 Å². The maximum atomic E-state index is 11.9. The molecule has 1 amide bonds. The predicted molar refractivity (Wildman–Crippen MR) is 80.3 cm³/mol. The van der Waals surface area contributed by atoms with Gasteiger partial charge in [-0.15, -0.1) is 0 Å². The molecule has 21 heavy (non-hydrogen) atoms. The van der Waals surface area contributed by atoms with Crippen molar-refractivity contribution in [2.45, 2.75) is 26.8 Å². The highest BCUT2D eigenvalue weighted by atomic mass is 16.2. The fraction of sp³-hybridized carbons (Fsp3) is 0.429. The van der Waals surface area contributed by atoms with Gasteiger partial charge in [-0.05, 0) is 20.8 Å². The molecule has 0 spiro atoms. The number of aromatic nitrogens is 4. The van der Waals surface area contributed by atoms with Gasteiger partial charge >= 0.3 is 0 Å². The van der Waals surface area contributed by atoms with E-state index in [0.29, 0.717) is 6.54 Å². The second-order valence-corrected chi connectivity index (χ2v) is 4.94. The van der Waals surface area contributed by atoms with E-state index in [0.717, 1.165) is 11.6 Å². The van der Waals surface area contributed by atoms with Gasteiger partial charge in [0.15, 0.2) is 0 Å². The number of rotatable bonds is 6. The van der Waals surface area contributed by atoms with Crippen molar-refractivity contribution in [3.8, 4) is 5.82 Å². The van der Waals surface area contributed by atoms with E-state index >= 15 is 0 Å². The molecule has 0 atom stereocenters. The highest BCUT2D eigenvalue weighted by molar-refractivity contribution is 5.81. The molecule has 2 aromatic rings. The van der Waals surface area contributed by atoms with Crippen LogP contribution in [0.1, 0.15) is 20.8 Å². The van der Waals surface area contributed by atoms with Crippen LogP contribution < -0.4 is 10.2 Å². The highest BCUT2D eigenvalue weighted by Gasteiger charge is 2.13. The molecule has 0 saturated carbocycles. The van der Waals surface area contributed by atoms with E-state index in [1.807, 2.05) is 37.9 Å². The second kappa shape index (κ2) is 6.83. The Labute approximate surface area is 124 Å². The quantitative estimate of drug-likeness (QED) is 0.858. The molecule has 1 N–H and O–H groups in total. The molecule has 2 rings (SSSR count). The lowest BCUT2D eigenvalue weighted by molar-refractivity contribution is -0.120. The molecule has 0 saturated heterocycles. The minimum atomic E-state index is -0.0188. The Balaban J connectivity index is 2.15. The number of nitrogens with one attached hydrogen (secondary N) is 1. The summed E-state index contributed by atoms with van der Waals surface area (Å²) in [5, 5.41) is 2.88. The minimum Gasteiger partial charge on any atom is -0.352 e. The summed E-state index contributed by atoms with van der Waals surface area (Å²) in [7, 11) is 0. The Bertz CT molecular complexity index is 581. The van der Waals surface area contributed by atoms with Crippen molar-refractivity contribution in [3.63, 3.8) is 0 Å². The summed E-state index contributed by atoms with van der Waals surface area (Å²) in [5.74, 6) is 1.42. The summed E-state index contributed by atoms with van der Waals surface area (Å²) in [6.07, 6.45) is 6.67. The van der Waals surface area contributed by atoms with Crippen LogP contribution in [0.15, 0.2) is 31.1 Å². The van der Waals surface area contributed by atoms with Crippen molar-refractivity contribution in [2.24, 2.45) is 0 Å². The molecule has 0 aliphatic carbocycles. The summed E-state index contributed by atoms with van der Waals surface area (Å²) in [5.41, 5.74) is 0. The third kappa shape index (κ3) is 4.01. The van der Waals surface area contributed by atoms with Crippen LogP contribution in [0, 0.1) is 0 Å². The molecule has 7 heteroatoms. The lowest BCUT2D eigenvalue weighted by Gasteiger charge is -2.22. The summed E-state index contributed by atoms with van der Waals surface area (Å²) < 4.78 is 1.80. The van der Waals surface area contributed by atoms with Gasteiger partial charge in [0, 0.05) is 31.0 Å². The van der Waals surface area contributed by atoms with Gasteiger partial charge in [-0.1, -0.05) is 0 Å². The molecule has 0 fully saturated rings. The standard InChI is InChI=1S/C14H20N6O/c1-4-19(8-14(21)18-11(2)3)12-7-13(17-9-16-12)20-6-5-15-10-20/h5-7,9-11H,4,8H2,1-3H3,(H,18,21). The van der Waals surface area contributed by atoms with E-state index in [-0.39, 0.29) is 18.5 Å². The lowest BCUT2D eigenvalue weighted by atomic mass is 10.3. The van der Waals surface area contributed by atoms with Crippen LogP contribution in [-0.2, 0) is 4.79 Å². The van der Waals surface area contributed by atoms with Gasteiger partial charge < -0.3 is 10.2 Å². The fourth-order valence-electron chi connectivity index (χ4n) is 1.94. The third-order valence-corrected chi connectivity index (χ3v) is 2.90. The molecular formula is C14H20N6O. The van der Waals surface area contributed by atoms with Gasteiger partial charge in [0.2, 0.25) is 5.91 Å². The molecule has 0 radical (unpaired) electrons. The molecule has 2 heterocycles. The number of anilines is 1. The third-order valence-electron chi connectivity index (χ3n) is 2.90. The van der Waals surface area contributed by atoms with Crippen LogP contribution in [-0.4, -0.2) is 44.6 Å². The predicted octanol–water partition coefficient (Wildman–Crippen LogP) is 1.01. The first-order chi connectivity index (χ1) is 10.1. The first kappa shape index (κ1) is 15.0. The molecular weight excluding hydrogens is 268 g/mol. The van der Waals surface area contributed by atoms with Crippen LogP contribution in [0.2, 0.25) is 0 Å². The molecule has 0 unspecified atom stereocenters. The Hall–Kier alpha value is -2.44. The minimum absolute atomic E-state index is 0.0188. The number of hydrogen-bond donors (Lipinski definition) is 1. The Morgan fingerprint density at radius 2 is 2.24 bits per heavy atom. The van der Waals surface area contributed by atoms with E-state index in [2.05, 4.69) is 20.3 Å². The zero-order valence-corrected chi connectivity index (χ0v) is 12.5. The van der Waals surface area contributed by atoms with E-state index in [4.69, 9.17) is 0 Å². The molecule has 2 aromatic heterocycles. The first-order valence-electron chi connectivity index (χ1n) is 6.94. The molecule has 0 aliphatic heterocycles.